The lowest BCUT2D eigenvalue weighted by molar-refractivity contribution is -0.155. The predicted octanol–water partition coefficient (Wildman–Crippen LogP) is 1.59. The summed E-state index contributed by atoms with van der Waals surface area (Å²) in [6, 6.07) is 0. The highest BCUT2D eigenvalue weighted by Gasteiger charge is 2.34. The summed E-state index contributed by atoms with van der Waals surface area (Å²) in [4.78, 5) is 11.2. The molecule has 14 heavy (non-hydrogen) atoms. The van der Waals surface area contributed by atoms with Crippen molar-refractivity contribution in [3.8, 4) is 0 Å². The molecule has 0 bridgehead atoms. The topological polar surface area (TPSA) is 46.5 Å². The van der Waals surface area contributed by atoms with Gasteiger partial charge in [0.1, 0.15) is 0 Å². The zero-order chi connectivity index (χ0) is 10.7. The van der Waals surface area contributed by atoms with Crippen LogP contribution in [-0.2, 0) is 9.53 Å². The van der Waals surface area contributed by atoms with Crippen molar-refractivity contribution in [2.75, 3.05) is 7.11 Å². The minimum absolute atomic E-state index is 0.0821. The van der Waals surface area contributed by atoms with Gasteiger partial charge in [0.05, 0.1) is 7.11 Å². The van der Waals surface area contributed by atoms with E-state index in [-0.39, 0.29) is 5.92 Å². The largest absolute Gasteiger partial charge is 0.467 e. The zero-order valence-electron chi connectivity index (χ0n) is 9.19. The Morgan fingerprint density at radius 2 is 2.07 bits per heavy atom. The highest BCUT2D eigenvalue weighted by atomic mass is 16.5. The van der Waals surface area contributed by atoms with Crippen LogP contribution in [0.2, 0.25) is 0 Å². The number of esters is 1. The van der Waals surface area contributed by atoms with Gasteiger partial charge in [0.2, 0.25) is 0 Å². The Kier molecular flexibility index (Phi) is 3.93. The molecule has 1 aliphatic carbocycles. The molecule has 3 heteroatoms. The van der Waals surface area contributed by atoms with Gasteiger partial charge >= 0.3 is 5.97 Å². The molecule has 1 aliphatic rings. The van der Waals surface area contributed by atoms with Crippen LogP contribution >= 0.6 is 0 Å². The number of aliphatic hydroxyl groups excluding tert-OH is 1. The van der Waals surface area contributed by atoms with E-state index in [1.165, 1.54) is 7.11 Å². The molecule has 3 nitrogen and oxygen atoms in total. The van der Waals surface area contributed by atoms with E-state index in [1.54, 1.807) is 0 Å². The van der Waals surface area contributed by atoms with Gasteiger partial charge in [-0.05, 0) is 30.6 Å². The van der Waals surface area contributed by atoms with Crippen molar-refractivity contribution in [3.05, 3.63) is 0 Å². The first-order valence-electron chi connectivity index (χ1n) is 5.32. The van der Waals surface area contributed by atoms with E-state index in [4.69, 9.17) is 0 Å². The van der Waals surface area contributed by atoms with Gasteiger partial charge in [-0.3, -0.25) is 0 Å². The summed E-state index contributed by atoms with van der Waals surface area (Å²) in [7, 11) is 1.32. The van der Waals surface area contributed by atoms with Gasteiger partial charge < -0.3 is 9.84 Å². The van der Waals surface area contributed by atoms with Gasteiger partial charge in [0, 0.05) is 0 Å². The van der Waals surface area contributed by atoms with E-state index in [0.29, 0.717) is 11.8 Å². The molecule has 0 aliphatic heterocycles. The second-order valence-electron chi connectivity index (χ2n) is 4.53. The molecule has 1 fully saturated rings. The molecule has 0 saturated heterocycles. The average Bonchev–Trinajstić information content (AvgIpc) is 2.15. The Balaban J connectivity index is 2.55. The van der Waals surface area contributed by atoms with E-state index >= 15 is 0 Å². The van der Waals surface area contributed by atoms with E-state index in [9.17, 15) is 9.90 Å². The third-order valence-corrected chi connectivity index (χ3v) is 3.35. The lowest BCUT2D eigenvalue weighted by Gasteiger charge is -2.34. The molecular weight excluding hydrogens is 180 g/mol. The standard InChI is InChI=1S/C11H20O3/c1-7-4-5-9(8(2)6-7)10(12)11(13)14-3/h7-10,12H,4-6H2,1-3H3. The second kappa shape index (κ2) is 4.78. The van der Waals surface area contributed by atoms with Crippen LogP contribution in [-0.4, -0.2) is 24.3 Å². The first-order valence-corrected chi connectivity index (χ1v) is 5.32. The quantitative estimate of drug-likeness (QED) is 0.689. The Labute approximate surface area is 85.5 Å². The van der Waals surface area contributed by atoms with Gasteiger partial charge in [0.15, 0.2) is 6.10 Å². The first-order chi connectivity index (χ1) is 6.56. The summed E-state index contributed by atoms with van der Waals surface area (Å²) in [5, 5.41) is 9.72. The lowest BCUT2D eigenvalue weighted by Crippen LogP contribution is -2.37. The van der Waals surface area contributed by atoms with Crippen molar-refractivity contribution >= 4 is 5.97 Å². The van der Waals surface area contributed by atoms with Crippen molar-refractivity contribution in [2.45, 2.75) is 39.2 Å². The zero-order valence-corrected chi connectivity index (χ0v) is 9.19. The number of aliphatic hydroxyl groups is 1. The number of carbonyl (C=O) groups excluding carboxylic acids is 1. The second-order valence-corrected chi connectivity index (χ2v) is 4.53. The highest BCUT2D eigenvalue weighted by Crippen LogP contribution is 2.35. The minimum Gasteiger partial charge on any atom is -0.467 e. The summed E-state index contributed by atoms with van der Waals surface area (Å²) in [6.45, 7) is 4.32. The van der Waals surface area contributed by atoms with Crippen molar-refractivity contribution in [2.24, 2.45) is 17.8 Å². The lowest BCUT2D eigenvalue weighted by atomic mass is 9.73. The van der Waals surface area contributed by atoms with Gasteiger partial charge in [0.25, 0.3) is 0 Å². The number of rotatable bonds is 2. The monoisotopic (exact) mass is 200 g/mol. The molecule has 82 valence electrons. The van der Waals surface area contributed by atoms with Crippen LogP contribution < -0.4 is 0 Å². The number of ether oxygens (including phenoxy) is 1. The third kappa shape index (κ3) is 2.47. The molecular formula is C11H20O3. The fourth-order valence-electron chi connectivity index (χ4n) is 2.45. The summed E-state index contributed by atoms with van der Waals surface area (Å²) in [5.74, 6) is 0.717. The van der Waals surface area contributed by atoms with E-state index in [0.717, 1.165) is 19.3 Å². The van der Waals surface area contributed by atoms with E-state index in [2.05, 4.69) is 18.6 Å². The molecule has 1 rings (SSSR count). The van der Waals surface area contributed by atoms with Gasteiger partial charge in [-0.15, -0.1) is 0 Å². The fourth-order valence-corrected chi connectivity index (χ4v) is 2.45. The SMILES string of the molecule is COC(=O)C(O)C1CCC(C)CC1C. The Morgan fingerprint density at radius 3 is 2.57 bits per heavy atom. The van der Waals surface area contributed by atoms with Gasteiger partial charge in [-0.25, -0.2) is 4.79 Å². The molecule has 4 atom stereocenters. The average molecular weight is 200 g/mol. The van der Waals surface area contributed by atoms with Crippen LogP contribution in [0.4, 0.5) is 0 Å². The van der Waals surface area contributed by atoms with E-state index in [1.807, 2.05) is 0 Å². The smallest absolute Gasteiger partial charge is 0.334 e. The van der Waals surface area contributed by atoms with Crippen LogP contribution in [0.5, 0.6) is 0 Å². The van der Waals surface area contributed by atoms with Crippen molar-refractivity contribution in [1.29, 1.82) is 0 Å². The number of methoxy groups -OCH3 is 1. The number of hydrogen-bond acceptors (Lipinski definition) is 3. The summed E-state index contributed by atoms with van der Waals surface area (Å²) < 4.78 is 4.55. The van der Waals surface area contributed by atoms with Gasteiger partial charge in [-0.2, -0.15) is 0 Å². The number of carbonyl (C=O) groups is 1. The maximum Gasteiger partial charge on any atom is 0.334 e. The fraction of sp³-hybridized carbons (Fsp3) is 0.909. The van der Waals surface area contributed by atoms with Crippen LogP contribution in [0.1, 0.15) is 33.1 Å². The molecule has 0 aromatic rings. The molecule has 0 spiro atoms. The highest BCUT2D eigenvalue weighted by molar-refractivity contribution is 5.74. The molecule has 0 heterocycles. The summed E-state index contributed by atoms with van der Waals surface area (Å²) in [6.07, 6.45) is 2.20. The maximum atomic E-state index is 11.2. The van der Waals surface area contributed by atoms with E-state index < -0.39 is 12.1 Å². The van der Waals surface area contributed by atoms with Crippen LogP contribution in [0.15, 0.2) is 0 Å². The Morgan fingerprint density at radius 1 is 1.43 bits per heavy atom. The molecule has 1 N–H and O–H groups in total. The van der Waals surface area contributed by atoms with Crippen molar-refractivity contribution in [1.82, 2.24) is 0 Å². The maximum absolute atomic E-state index is 11.2. The Hall–Kier alpha value is -0.570. The van der Waals surface area contributed by atoms with Crippen molar-refractivity contribution < 1.29 is 14.6 Å². The first kappa shape index (κ1) is 11.5. The van der Waals surface area contributed by atoms with Crippen LogP contribution in [0.3, 0.4) is 0 Å². The van der Waals surface area contributed by atoms with Crippen molar-refractivity contribution in [3.63, 3.8) is 0 Å². The van der Waals surface area contributed by atoms with Crippen LogP contribution in [0.25, 0.3) is 0 Å². The minimum atomic E-state index is -0.928. The van der Waals surface area contributed by atoms with Gasteiger partial charge in [-0.1, -0.05) is 20.3 Å². The molecule has 0 aromatic heterocycles. The molecule has 0 aromatic carbocycles. The number of hydrogen-bond donors (Lipinski definition) is 1. The van der Waals surface area contributed by atoms with Crippen LogP contribution in [0, 0.1) is 17.8 Å². The summed E-state index contributed by atoms with van der Waals surface area (Å²) >= 11 is 0. The Bertz CT molecular complexity index is 203. The summed E-state index contributed by atoms with van der Waals surface area (Å²) in [5.41, 5.74) is 0. The predicted molar refractivity (Wildman–Crippen MR) is 53.7 cm³/mol. The molecule has 4 unspecified atom stereocenters. The third-order valence-electron chi connectivity index (χ3n) is 3.35. The molecule has 1 saturated carbocycles. The molecule has 0 amide bonds. The molecule has 0 radical (unpaired) electrons. The normalized spacial score (nSPS) is 35.0.